The molecule has 0 aliphatic carbocycles. The lowest BCUT2D eigenvalue weighted by Gasteiger charge is -2.61. The van der Waals surface area contributed by atoms with Gasteiger partial charge in [0.2, 0.25) is 6.79 Å². The van der Waals surface area contributed by atoms with Crippen LogP contribution in [0, 0.1) is 11.3 Å². The number of hydrogen-bond acceptors (Lipinski definition) is 5. The average molecular weight is 383 g/mol. The van der Waals surface area contributed by atoms with Gasteiger partial charge in [-0.15, -0.1) is 0 Å². The van der Waals surface area contributed by atoms with E-state index in [2.05, 4.69) is 24.0 Å². The second kappa shape index (κ2) is 6.51. The second-order valence-electron chi connectivity index (χ2n) is 8.32. The molecule has 1 unspecified atom stereocenters. The highest BCUT2D eigenvalue weighted by molar-refractivity contribution is 6.00. The van der Waals surface area contributed by atoms with Crippen LogP contribution in [0.2, 0.25) is 0 Å². The summed E-state index contributed by atoms with van der Waals surface area (Å²) in [6.45, 7) is 7.01. The summed E-state index contributed by atoms with van der Waals surface area (Å²) in [7, 11) is 0. The van der Waals surface area contributed by atoms with Crippen LogP contribution in [0.1, 0.15) is 37.0 Å². The minimum absolute atomic E-state index is 0.0391. The summed E-state index contributed by atoms with van der Waals surface area (Å²) in [6.07, 6.45) is 3.69. The van der Waals surface area contributed by atoms with Crippen molar-refractivity contribution in [3.05, 3.63) is 30.0 Å². The number of amides is 1. The standard InChI is InChI=1S/C21H25N3O4/c1-13(2)19-21(5-7-26-8-6-21)11-24(19)20(25)15-10-22-23-18(15)14-3-4-16-17(9-14)28-12-27-16/h3-4,9-10,13,19H,5-8,11-12H2,1-2H3,(H,22,23). The van der Waals surface area contributed by atoms with Crippen LogP contribution in [0.5, 0.6) is 11.5 Å². The van der Waals surface area contributed by atoms with Crippen molar-refractivity contribution in [1.29, 1.82) is 0 Å². The van der Waals surface area contributed by atoms with Crippen molar-refractivity contribution in [2.24, 2.45) is 11.3 Å². The molecule has 148 valence electrons. The Hall–Kier alpha value is -2.54. The molecule has 2 fully saturated rings. The molecular weight excluding hydrogens is 358 g/mol. The number of aromatic nitrogens is 2. The molecule has 1 atom stereocenters. The number of nitrogens with zero attached hydrogens (tertiary/aromatic N) is 2. The van der Waals surface area contributed by atoms with Crippen LogP contribution < -0.4 is 9.47 Å². The molecule has 5 rings (SSSR count). The predicted molar refractivity (Wildman–Crippen MR) is 102 cm³/mol. The van der Waals surface area contributed by atoms with Gasteiger partial charge in [0.1, 0.15) is 0 Å². The van der Waals surface area contributed by atoms with Crippen LogP contribution in [0.3, 0.4) is 0 Å². The molecule has 1 N–H and O–H groups in total. The van der Waals surface area contributed by atoms with E-state index in [-0.39, 0.29) is 24.2 Å². The largest absolute Gasteiger partial charge is 0.454 e. The van der Waals surface area contributed by atoms with Crippen molar-refractivity contribution in [3.63, 3.8) is 0 Å². The van der Waals surface area contributed by atoms with Crippen molar-refractivity contribution in [2.45, 2.75) is 32.7 Å². The Kier molecular flexibility index (Phi) is 4.08. The number of H-pyrrole nitrogens is 1. The first kappa shape index (κ1) is 17.6. The van der Waals surface area contributed by atoms with E-state index in [1.165, 1.54) is 0 Å². The van der Waals surface area contributed by atoms with E-state index in [1.54, 1.807) is 6.20 Å². The number of aromatic amines is 1. The van der Waals surface area contributed by atoms with E-state index in [9.17, 15) is 4.79 Å². The Morgan fingerprint density at radius 3 is 2.82 bits per heavy atom. The SMILES string of the molecule is CC(C)C1N(C(=O)c2cn[nH]c2-c2ccc3c(c2)OCO3)CC12CCOCC2. The summed E-state index contributed by atoms with van der Waals surface area (Å²) in [4.78, 5) is 15.5. The summed E-state index contributed by atoms with van der Waals surface area (Å²) < 4.78 is 16.4. The molecule has 0 radical (unpaired) electrons. The molecular formula is C21H25N3O4. The third kappa shape index (κ3) is 2.60. The van der Waals surface area contributed by atoms with E-state index in [0.717, 1.165) is 49.6 Å². The molecule has 7 heteroatoms. The second-order valence-corrected chi connectivity index (χ2v) is 8.32. The van der Waals surface area contributed by atoms with Gasteiger partial charge in [0, 0.05) is 36.8 Å². The zero-order chi connectivity index (χ0) is 19.3. The number of nitrogens with one attached hydrogen (secondary N) is 1. The van der Waals surface area contributed by atoms with Crippen LogP contribution in [0.25, 0.3) is 11.3 Å². The molecule has 1 amide bonds. The number of benzene rings is 1. The minimum atomic E-state index is 0.0391. The molecule has 0 saturated carbocycles. The van der Waals surface area contributed by atoms with Gasteiger partial charge < -0.3 is 19.1 Å². The Bertz CT molecular complexity index is 901. The van der Waals surface area contributed by atoms with Crippen LogP contribution in [-0.2, 0) is 4.74 Å². The molecule has 3 aliphatic rings. The zero-order valence-electron chi connectivity index (χ0n) is 16.2. The van der Waals surface area contributed by atoms with Crippen LogP contribution in [-0.4, -0.2) is 53.6 Å². The van der Waals surface area contributed by atoms with Gasteiger partial charge in [-0.05, 0) is 37.0 Å². The molecule has 1 aromatic heterocycles. The fraction of sp³-hybridized carbons (Fsp3) is 0.524. The van der Waals surface area contributed by atoms with Crippen molar-refractivity contribution in [2.75, 3.05) is 26.6 Å². The number of carbonyl (C=O) groups excluding carboxylic acids is 1. The van der Waals surface area contributed by atoms with Crippen LogP contribution in [0.4, 0.5) is 0 Å². The Labute approximate surface area is 164 Å². The van der Waals surface area contributed by atoms with Gasteiger partial charge in [-0.2, -0.15) is 5.10 Å². The normalized spacial score (nSPS) is 22.5. The van der Waals surface area contributed by atoms with E-state index in [1.807, 2.05) is 23.1 Å². The number of hydrogen-bond donors (Lipinski definition) is 1. The molecule has 7 nitrogen and oxygen atoms in total. The van der Waals surface area contributed by atoms with E-state index in [0.29, 0.717) is 17.2 Å². The van der Waals surface area contributed by atoms with Crippen molar-refractivity contribution in [1.82, 2.24) is 15.1 Å². The van der Waals surface area contributed by atoms with Gasteiger partial charge in [0.25, 0.3) is 5.91 Å². The molecule has 2 saturated heterocycles. The minimum Gasteiger partial charge on any atom is -0.454 e. The summed E-state index contributed by atoms with van der Waals surface area (Å²) >= 11 is 0. The quantitative estimate of drug-likeness (QED) is 0.881. The van der Waals surface area contributed by atoms with Gasteiger partial charge in [0.05, 0.1) is 17.5 Å². The van der Waals surface area contributed by atoms with Gasteiger partial charge in [-0.3, -0.25) is 9.89 Å². The molecule has 1 aromatic carbocycles. The predicted octanol–water partition coefficient (Wildman–Crippen LogP) is 3.08. The lowest BCUT2D eigenvalue weighted by atomic mass is 9.62. The molecule has 0 bridgehead atoms. The third-order valence-electron chi connectivity index (χ3n) is 6.36. The molecule has 28 heavy (non-hydrogen) atoms. The molecule has 2 aromatic rings. The fourth-order valence-corrected chi connectivity index (χ4v) is 5.12. The highest BCUT2D eigenvalue weighted by Gasteiger charge is 2.56. The monoisotopic (exact) mass is 383 g/mol. The Balaban J connectivity index is 1.43. The third-order valence-corrected chi connectivity index (χ3v) is 6.36. The lowest BCUT2D eigenvalue weighted by Crippen LogP contribution is -2.69. The van der Waals surface area contributed by atoms with Gasteiger partial charge >= 0.3 is 0 Å². The molecule has 3 aliphatic heterocycles. The highest BCUT2D eigenvalue weighted by Crippen LogP contribution is 2.49. The van der Waals surface area contributed by atoms with Crippen molar-refractivity contribution < 1.29 is 19.0 Å². The van der Waals surface area contributed by atoms with Crippen molar-refractivity contribution >= 4 is 5.91 Å². The molecule has 4 heterocycles. The summed E-state index contributed by atoms with van der Waals surface area (Å²) in [6, 6.07) is 5.92. The smallest absolute Gasteiger partial charge is 0.257 e. The van der Waals surface area contributed by atoms with Gasteiger partial charge in [-0.25, -0.2) is 0 Å². The van der Waals surface area contributed by atoms with Crippen LogP contribution in [0.15, 0.2) is 24.4 Å². The highest BCUT2D eigenvalue weighted by atomic mass is 16.7. The summed E-state index contributed by atoms with van der Waals surface area (Å²) in [5.74, 6) is 1.85. The maximum Gasteiger partial charge on any atom is 0.257 e. The van der Waals surface area contributed by atoms with Gasteiger partial charge in [-0.1, -0.05) is 13.8 Å². The number of rotatable bonds is 3. The molecule has 1 spiro atoms. The number of carbonyl (C=O) groups is 1. The van der Waals surface area contributed by atoms with E-state index < -0.39 is 0 Å². The van der Waals surface area contributed by atoms with E-state index in [4.69, 9.17) is 14.2 Å². The Morgan fingerprint density at radius 1 is 1.25 bits per heavy atom. The van der Waals surface area contributed by atoms with Crippen molar-refractivity contribution in [3.8, 4) is 22.8 Å². The maximum absolute atomic E-state index is 13.4. The number of ether oxygens (including phenoxy) is 3. The number of likely N-dealkylation sites (tertiary alicyclic amines) is 1. The first-order valence-electron chi connectivity index (χ1n) is 9.91. The topological polar surface area (TPSA) is 76.7 Å². The first-order valence-corrected chi connectivity index (χ1v) is 9.91. The van der Waals surface area contributed by atoms with Crippen LogP contribution >= 0.6 is 0 Å². The lowest BCUT2D eigenvalue weighted by molar-refractivity contribution is -0.127. The first-order chi connectivity index (χ1) is 13.6. The Morgan fingerprint density at radius 2 is 2.04 bits per heavy atom. The summed E-state index contributed by atoms with van der Waals surface area (Å²) in [5.41, 5.74) is 2.39. The number of fused-ring (bicyclic) bond motifs is 1. The van der Waals surface area contributed by atoms with Gasteiger partial charge in [0.15, 0.2) is 11.5 Å². The van der Waals surface area contributed by atoms with E-state index >= 15 is 0 Å². The average Bonchev–Trinajstić information content (AvgIpc) is 3.34. The maximum atomic E-state index is 13.4. The summed E-state index contributed by atoms with van der Waals surface area (Å²) in [5, 5.41) is 7.16. The fourth-order valence-electron chi connectivity index (χ4n) is 5.12. The zero-order valence-corrected chi connectivity index (χ0v) is 16.2.